The van der Waals surface area contributed by atoms with Gasteiger partial charge in [-0.3, -0.25) is 14.3 Å². The lowest BCUT2D eigenvalue weighted by Crippen LogP contribution is -2.09. The molecular formula is C8H9NO6S. The van der Waals surface area contributed by atoms with E-state index in [-0.39, 0.29) is 17.2 Å². The number of nitro groups is 1. The Hall–Kier alpha value is -1.51. The molecular weight excluding hydrogens is 238 g/mol. The van der Waals surface area contributed by atoms with Crippen LogP contribution >= 0.6 is 0 Å². The standard InChI is InChI=1S/C8H9NO6S/c10-5-6-15-16(13,14)8-3-1-7(2-4-8)9(11)12/h1-4,10H,5-6H2. The summed E-state index contributed by atoms with van der Waals surface area (Å²) in [5.41, 5.74) is -0.207. The van der Waals surface area contributed by atoms with Crippen LogP contribution < -0.4 is 0 Å². The van der Waals surface area contributed by atoms with E-state index in [1.165, 1.54) is 0 Å². The van der Waals surface area contributed by atoms with Gasteiger partial charge >= 0.3 is 0 Å². The first-order valence-corrected chi connectivity index (χ1v) is 5.63. The molecule has 0 saturated carbocycles. The monoisotopic (exact) mass is 247 g/mol. The number of hydrogen-bond acceptors (Lipinski definition) is 6. The minimum Gasteiger partial charge on any atom is -0.394 e. The van der Waals surface area contributed by atoms with Crippen LogP contribution in [-0.2, 0) is 14.3 Å². The molecule has 0 unspecified atom stereocenters. The van der Waals surface area contributed by atoms with Crippen LogP contribution in [0.25, 0.3) is 0 Å². The van der Waals surface area contributed by atoms with Crippen molar-refractivity contribution in [1.82, 2.24) is 0 Å². The normalized spacial score (nSPS) is 11.3. The lowest BCUT2D eigenvalue weighted by molar-refractivity contribution is -0.384. The average molecular weight is 247 g/mol. The third-order valence-corrected chi connectivity index (χ3v) is 2.99. The zero-order valence-electron chi connectivity index (χ0n) is 8.07. The molecule has 0 fully saturated rings. The second kappa shape index (κ2) is 5.01. The zero-order valence-corrected chi connectivity index (χ0v) is 8.88. The van der Waals surface area contributed by atoms with Crippen LogP contribution in [-0.4, -0.2) is 31.7 Å². The Bertz CT molecular complexity index is 466. The molecule has 1 N–H and O–H groups in total. The molecule has 0 aliphatic rings. The Morgan fingerprint density at radius 1 is 1.31 bits per heavy atom. The number of nitro benzene ring substituents is 1. The fourth-order valence-corrected chi connectivity index (χ4v) is 1.85. The molecule has 88 valence electrons. The van der Waals surface area contributed by atoms with E-state index < -0.39 is 21.6 Å². The maximum atomic E-state index is 11.4. The van der Waals surface area contributed by atoms with Gasteiger partial charge in [-0.2, -0.15) is 8.42 Å². The van der Waals surface area contributed by atoms with Gasteiger partial charge in [0.2, 0.25) is 0 Å². The van der Waals surface area contributed by atoms with Crippen molar-refractivity contribution in [2.75, 3.05) is 13.2 Å². The number of hydrogen-bond donors (Lipinski definition) is 1. The summed E-state index contributed by atoms with van der Waals surface area (Å²) in [6.07, 6.45) is 0. The van der Waals surface area contributed by atoms with Gasteiger partial charge < -0.3 is 5.11 Å². The largest absolute Gasteiger partial charge is 0.394 e. The van der Waals surface area contributed by atoms with E-state index in [4.69, 9.17) is 5.11 Å². The minimum atomic E-state index is -3.95. The van der Waals surface area contributed by atoms with Crippen molar-refractivity contribution in [3.63, 3.8) is 0 Å². The highest BCUT2D eigenvalue weighted by Crippen LogP contribution is 2.17. The molecule has 0 bridgehead atoms. The molecule has 0 aliphatic heterocycles. The molecule has 1 aromatic rings. The van der Waals surface area contributed by atoms with Crippen LogP contribution in [0.5, 0.6) is 0 Å². The van der Waals surface area contributed by atoms with Gasteiger partial charge in [0, 0.05) is 12.1 Å². The van der Waals surface area contributed by atoms with Gasteiger partial charge in [-0.1, -0.05) is 0 Å². The summed E-state index contributed by atoms with van der Waals surface area (Å²) in [4.78, 5) is 9.50. The first-order valence-electron chi connectivity index (χ1n) is 4.22. The molecule has 16 heavy (non-hydrogen) atoms. The van der Waals surface area contributed by atoms with Crippen LogP contribution in [0.4, 0.5) is 5.69 Å². The van der Waals surface area contributed by atoms with Crippen molar-refractivity contribution >= 4 is 15.8 Å². The highest BCUT2D eigenvalue weighted by Gasteiger charge is 2.16. The van der Waals surface area contributed by atoms with E-state index in [0.29, 0.717) is 0 Å². The summed E-state index contributed by atoms with van der Waals surface area (Å²) in [6, 6.07) is 4.28. The fraction of sp³-hybridized carbons (Fsp3) is 0.250. The molecule has 1 aromatic carbocycles. The van der Waals surface area contributed by atoms with Crippen molar-refractivity contribution in [2.45, 2.75) is 4.90 Å². The number of aliphatic hydroxyl groups is 1. The number of aliphatic hydroxyl groups excluding tert-OH is 1. The Morgan fingerprint density at radius 3 is 2.31 bits per heavy atom. The van der Waals surface area contributed by atoms with Crippen molar-refractivity contribution in [2.24, 2.45) is 0 Å². The van der Waals surface area contributed by atoms with Gasteiger partial charge in [-0.15, -0.1) is 0 Å². The van der Waals surface area contributed by atoms with Gasteiger partial charge in [0.25, 0.3) is 15.8 Å². The van der Waals surface area contributed by atoms with Crippen molar-refractivity contribution < 1.29 is 22.6 Å². The molecule has 0 radical (unpaired) electrons. The number of nitrogens with zero attached hydrogens (tertiary/aromatic N) is 1. The molecule has 0 spiro atoms. The second-order valence-corrected chi connectivity index (χ2v) is 4.37. The van der Waals surface area contributed by atoms with Crippen LogP contribution in [0, 0.1) is 10.1 Å². The molecule has 0 aliphatic carbocycles. The second-order valence-electron chi connectivity index (χ2n) is 2.75. The third kappa shape index (κ3) is 2.99. The van der Waals surface area contributed by atoms with Crippen molar-refractivity contribution in [3.05, 3.63) is 34.4 Å². The lowest BCUT2D eigenvalue weighted by atomic mass is 10.3. The molecule has 0 atom stereocenters. The quantitative estimate of drug-likeness (QED) is 0.455. The number of non-ortho nitro benzene ring substituents is 1. The molecule has 1 rings (SSSR count). The van der Waals surface area contributed by atoms with E-state index in [1.807, 2.05) is 0 Å². The molecule has 8 heteroatoms. The highest BCUT2D eigenvalue weighted by molar-refractivity contribution is 7.86. The average Bonchev–Trinajstić information content (AvgIpc) is 2.26. The van der Waals surface area contributed by atoms with Gasteiger partial charge in [0.05, 0.1) is 23.0 Å². The molecule has 0 amide bonds. The summed E-state index contributed by atoms with van der Waals surface area (Å²) < 4.78 is 27.2. The molecule has 0 saturated heterocycles. The Labute approximate surface area is 91.6 Å². The van der Waals surface area contributed by atoms with Crippen molar-refractivity contribution in [1.29, 1.82) is 0 Å². The number of rotatable bonds is 5. The smallest absolute Gasteiger partial charge is 0.297 e. The summed E-state index contributed by atoms with van der Waals surface area (Å²) in [7, 11) is -3.95. The van der Waals surface area contributed by atoms with E-state index in [9.17, 15) is 18.5 Å². The summed E-state index contributed by atoms with van der Waals surface area (Å²) in [5, 5.41) is 18.7. The summed E-state index contributed by atoms with van der Waals surface area (Å²) in [5.74, 6) is 0. The van der Waals surface area contributed by atoms with E-state index in [1.54, 1.807) is 0 Å². The Morgan fingerprint density at radius 2 is 1.88 bits per heavy atom. The summed E-state index contributed by atoms with van der Waals surface area (Å²) >= 11 is 0. The predicted octanol–water partition coefficient (Wildman–Crippen LogP) is 0.292. The van der Waals surface area contributed by atoms with Crippen molar-refractivity contribution in [3.8, 4) is 0 Å². The van der Waals surface area contributed by atoms with Crippen LogP contribution in [0.15, 0.2) is 29.2 Å². The first-order chi connectivity index (χ1) is 7.47. The fourth-order valence-electron chi connectivity index (χ4n) is 0.950. The maximum Gasteiger partial charge on any atom is 0.297 e. The summed E-state index contributed by atoms with van der Waals surface area (Å²) in [6.45, 7) is -0.772. The maximum absolute atomic E-state index is 11.4. The number of benzene rings is 1. The Kier molecular flexibility index (Phi) is 3.93. The zero-order chi connectivity index (χ0) is 12.2. The van der Waals surface area contributed by atoms with Gasteiger partial charge in [-0.05, 0) is 12.1 Å². The van der Waals surface area contributed by atoms with E-state index >= 15 is 0 Å². The van der Waals surface area contributed by atoms with Crippen LogP contribution in [0.3, 0.4) is 0 Å². The lowest BCUT2D eigenvalue weighted by Gasteiger charge is -2.03. The Balaban J connectivity index is 2.93. The van der Waals surface area contributed by atoms with E-state index in [2.05, 4.69) is 4.18 Å². The van der Waals surface area contributed by atoms with Gasteiger partial charge in [0.15, 0.2) is 0 Å². The predicted molar refractivity (Wildman–Crippen MR) is 53.3 cm³/mol. The van der Waals surface area contributed by atoms with Crippen LogP contribution in [0.1, 0.15) is 0 Å². The SMILES string of the molecule is O=[N+]([O-])c1ccc(S(=O)(=O)OCCO)cc1. The third-order valence-electron chi connectivity index (χ3n) is 1.67. The van der Waals surface area contributed by atoms with Gasteiger partial charge in [-0.25, -0.2) is 0 Å². The topological polar surface area (TPSA) is 107 Å². The van der Waals surface area contributed by atoms with Gasteiger partial charge in [0.1, 0.15) is 0 Å². The van der Waals surface area contributed by atoms with E-state index in [0.717, 1.165) is 24.3 Å². The molecule has 7 nitrogen and oxygen atoms in total. The molecule has 0 heterocycles. The first kappa shape index (κ1) is 12.6. The molecule has 0 aromatic heterocycles. The van der Waals surface area contributed by atoms with Crippen LogP contribution in [0.2, 0.25) is 0 Å². The minimum absolute atomic E-state index is 0.188. The highest BCUT2D eigenvalue weighted by atomic mass is 32.2.